The van der Waals surface area contributed by atoms with Gasteiger partial charge in [-0.15, -0.1) is 0 Å². The van der Waals surface area contributed by atoms with Gasteiger partial charge in [0.15, 0.2) is 11.5 Å². The molecule has 0 aliphatic carbocycles. The number of rotatable bonds is 6. The minimum absolute atomic E-state index is 0.208. The number of methoxy groups -OCH3 is 3. The van der Waals surface area contributed by atoms with Crippen LogP contribution in [0.25, 0.3) is 11.8 Å². The van der Waals surface area contributed by atoms with E-state index in [2.05, 4.69) is 0 Å². The summed E-state index contributed by atoms with van der Waals surface area (Å²) in [4.78, 5) is 28.0. The maximum Gasteiger partial charge on any atom is 0.340 e. The number of nitrogens with zero attached hydrogens (tertiary/aromatic N) is 2. The average Bonchev–Trinajstić information content (AvgIpc) is 3.29. The fourth-order valence-corrected chi connectivity index (χ4v) is 4.77. The molecule has 2 aromatic carbocycles. The minimum Gasteiger partial charge on any atom is -0.493 e. The lowest BCUT2D eigenvalue weighted by Gasteiger charge is -2.19. The molecule has 7 nitrogen and oxygen atoms in total. The molecule has 0 bridgehead atoms. The minimum atomic E-state index is -0.588. The number of hydrogen-bond donors (Lipinski definition) is 0. The predicted molar refractivity (Wildman–Crippen MR) is 140 cm³/mol. The van der Waals surface area contributed by atoms with Crippen LogP contribution in [0.1, 0.15) is 23.9 Å². The Morgan fingerprint density at radius 3 is 2.28 bits per heavy atom. The first-order chi connectivity index (χ1) is 17.2. The average molecular weight is 507 g/mol. The topological polar surface area (TPSA) is 70.0 Å². The van der Waals surface area contributed by atoms with Gasteiger partial charge in [-0.3, -0.25) is 9.69 Å². The summed E-state index contributed by atoms with van der Waals surface area (Å²) in [7, 11) is 4.36. The van der Waals surface area contributed by atoms with Crippen molar-refractivity contribution in [3.05, 3.63) is 87.3 Å². The molecule has 0 saturated carbocycles. The molecule has 1 aromatic heterocycles. The number of carbonyl (C=O) groups excluding carboxylic acids is 2. The molecular weight excluding hydrogens is 480 g/mol. The predicted octanol–water partition coefficient (Wildman–Crippen LogP) is 5.64. The molecule has 0 fully saturated rings. The van der Waals surface area contributed by atoms with Gasteiger partial charge in [0, 0.05) is 23.2 Å². The molecular formula is C28H27ClN2O5. The molecule has 0 unspecified atom stereocenters. The van der Waals surface area contributed by atoms with E-state index < -0.39 is 5.97 Å². The molecule has 1 aliphatic heterocycles. The highest BCUT2D eigenvalue weighted by molar-refractivity contribution is 6.32. The van der Waals surface area contributed by atoms with E-state index in [9.17, 15) is 9.59 Å². The molecule has 8 heteroatoms. The van der Waals surface area contributed by atoms with Gasteiger partial charge in [0.2, 0.25) is 0 Å². The van der Waals surface area contributed by atoms with Gasteiger partial charge in [-0.2, -0.15) is 0 Å². The van der Waals surface area contributed by atoms with Crippen molar-refractivity contribution < 1.29 is 23.8 Å². The summed E-state index contributed by atoms with van der Waals surface area (Å²) in [6, 6.07) is 14.7. The van der Waals surface area contributed by atoms with Crippen LogP contribution < -0.4 is 14.4 Å². The van der Waals surface area contributed by atoms with Gasteiger partial charge >= 0.3 is 5.97 Å². The second kappa shape index (κ2) is 9.95. The maximum atomic E-state index is 13.7. The van der Waals surface area contributed by atoms with E-state index in [1.807, 2.05) is 48.7 Å². The zero-order chi connectivity index (χ0) is 26.1. The first kappa shape index (κ1) is 25.1. The van der Waals surface area contributed by atoms with Crippen molar-refractivity contribution in [3.8, 4) is 17.2 Å². The van der Waals surface area contributed by atoms with Gasteiger partial charge in [0.05, 0.1) is 48.9 Å². The van der Waals surface area contributed by atoms with Gasteiger partial charge in [-0.05, 0) is 62.7 Å². The number of benzene rings is 2. The second-order valence-corrected chi connectivity index (χ2v) is 8.71. The van der Waals surface area contributed by atoms with Crippen molar-refractivity contribution in [3.63, 3.8) is 0 Å². The van der Waals surface area contributed by atoms with Gasteiger partial charge in [0.25, 0.3) is 5.91 Å². The van der Waals surface area contributed by atoms with Crippen LogP contribution in [-0.2, 0) is 14.3 Å². The van der Waals surface area contributed by atoms with Crippen LogP contribution in [0.4, 0.5) is 5.69 Å². The van der Waals surface area contributed by atoms with Crippen LogP contribution in [-0.4, -0.2) is 37.8 Å². The van der Waals surface area contributed by atoms with E-state index in [1.165, 1.54) is 19.1 Å². The maximum absolute atomic E-state index is 13.7. The van der Waals surface area contributed by atoms with Crippen LogP contribution >= 0.6 is 11.6 Å². The number of ether oxygens (including phenoxy) is 3. The quantitative estimate of drug-likeness (QED) is 0.319. The Hall–Kier alpha value is -3.97. The molecule has 3 aromatic rings. The van der Waals surface area contributed by atoms with Crippen molar-refractivity contribution >= 4 is 35.2 Å². The summed E-state index contributed by atoms with van der Waals surface area (Å²) >= 11 is 6.46. The molecule has 0 atom stereocenters. The summed E-state index contributed by atoms with van der Waals surface area (Å²) < 4.78 is 17.8. The first-order valence-corrected chi connectivity index (χ1v) is 11.6. The van der Waals surface area contributed by atoms with Crippen molar-refractivity contribution in [1.29, 1.82) is 0 Å². The lowest BCUT2D eigenvalue weighted by molar-refractivity contribution is -0.136. The Balaban J connectivity index is 1.86. The van der Waals surface area contributed by atoms with Crippen LogP contribution in [0, 0.1) is 13.8 Å². The van der Waals surface area contributed by atoms with Crippen molar-refractivity contribution in [2.45, 2.75) is 20.8 Å². The fraction of sp³-hybridized carbons (Fsp3) is 0.214. The Bertz CT molecular complexity index is 1430. The molecule has 186 valence electrons. The summed E-state index contributed by atoms with van der Waals surface area (Å²) in [6.45, 7) is 5.63. The number of halogens is 1. The molecule has 2 heterocycles. The lowest BCUT2D eigenvalue weighted by Crippen LogP contribution is -2.24. The van der Waals surface area contributed by atoms with Gasteiger partial charge in [-0.1, -0.05) is 23.7 Å². The summed E-state index contributed by atoms with van der Waals surface area (Å²) in [5, 5.41) is 0.612. The monoisotopic (exact) mass is 506 g/mol. The third kappa shape index (κ3) is 4.16. The highest BCUT2D eigenvalue weighted by Gasteiger charge is 2.38. The summed E-state index contributed by atoms with van der Waals surface area (Å²) in [5.74, 6) is 0.0686. The van der Waals surface area contributed by atoms with Crippen LogP contribution in [0.15, 0.2) is 65.4 Å². The number of aryl methyl sites for hydroxylation is 1. The number of allylic oxidation sites excluding steroid dienone is 1. The SMILES string of the molecule is COC(=O)C1=C(C)N(c2ccc(OC)c(OC)c2)C(=O)/C1=C\c1cc(C)n(-c2ccccc2Cl)c1C. The van der Waals surface area contributed by atoms with E-state index >= 15 is 0 Å². The second-order valence-electron chi connectivity index (χ2n) is 8.30. The Morgan fingerprint density at radius 1 is 0.944 bits per heavy atom. The number of aromatic nitrogens is 1. The molecule has 0 spiro atoms. The number of hydrogen-bond acceptors (Lipinski definition) is 5. The van der Waals surface area contributed by atoms with Crippen molar-refractivity contribution in [1.82, 2.24) is 4.57 Å². The van der Waals surface area contributed by atoms with Gasteiger partial charge in [-0.25, -0.2) is 4.79 Å². The highest BCUT2D eigenvalue weighted by Crippen LogP contribution is 2.39. The van der Waals surface area contributed by atoms with Crippen molar-refractivity contribution in [2.75, 3.05) is 26.2 Å². The lowest BCUT2D eigenvalue weighted by atomic mass is 10.0. The Morgan fingerprint density at radius 2 is 1.64 bits per heavy atom. The third-order valence-corrected chi connectivity index (χ3v) is 6.60. The van der Waals surface area contributed by atoms with Crippen LogP contribution in [0.5, 0.6) is 11.5 Å². The normalized spacial score (nSPS) is 14.6. The number of para-hydroxylation sites is 1. The zero-order valence-corrected chi connectivity index (χ0v) is 21.8. The van der Waals surface area contributed by atoms with Crippen LogP contribution in [0.2, 0.25) is 5.02 Å². The highest BCUT2D eigenvalue weighted by atomic mass is 35.5. The molecule has 4 rings (SSSR count). The molecule has 36 heavy (non-hydrogen) atoms. The largest absolute Gasteiger partial charge is 0.493 e. The van der Waals surface area contributed by atoms with E-state index in [4.69, 9.17) is 25.8 Å². The molecule has 1 aliphatic rings. The summed E-state index contributed by atoms with van der Waals surface area (Å²) in [6.07, 6.45) is 1.73. The molecule has 0 N–H and O–H groups in total. The smallest absolute Gasteiger partial charge is 0.340 e. The third-order valence-electron chi connectivity index (χ3n) is 6.28. The number of esters is 1. The zero-order valence-electron chi connectivity index (χ0n) is 21.0. The van der Waals surface area contributed by atoms with E-state index in [-0.39, 0.29) is 17.1 Å². The Labute approximate surface area is 215 Å². The number of amides is 1. The van der Waals surface area contributed by atoms with E-state index in [1.54, 1.807) is 38.3 Å². The van der Waals surface area contributed by atoms with Gasteiger partial charge in [0.1, 0.15) is 0 Å². The van der Waals surface area contributed by atoms with E-state index in [0.29, 0.717) is 27.9 Å². The summed E-state index contributed by atoms with van der Waals surface area (Å²) in [5.41, 5.74) is 4.91. The Kier molecular flexibility index (Phi) is 6.95. The van der Waals surface area contributed by atoms with Crippen molar-refractivity contribution in [2.24, 2.45) is 0 Å². The molecule has 0 saturated heterocycles. The number of carbonyl (C=O) groups is 2. The first-order valence-electron chi connectivity index (χ1n) is 11.2. The van der Waals surface area contributed by atoms with E-state index in [0.717, 1.165) is 22.6 Å². The van der Waals surface area contributed by atoms with Crippen LogP contribution in [0.3, 0.4) is 0 Å². The molecule has 1 amide bonds. The fourth-order valence-electron chi connectivity index (χ4n) is 4.55. The molecule has 0 radical (unpaired) electrons. The standard InChI is InChI=1S/C28H27ClN2O5/c1-16-13-19(17(2)30(16)23-10-8-7-9-22(23)29)14-21-26(28(33)36-6)18(3)31(27(21)32)20-11-12-24(34-4)25(15-20)35-5/h7-15H,1-6H3/b21-14-. The number of anilines is 1. The van der Waals surface area contributed by atoms with Gasteiger partial charge < -0.3 is 18.8 Å².